The SMILES string of the molecule is COC(=O)C1(C)C(=O)c2c(c(OC)cc3c2c(COC(C)=O)cn3C(C)=O)N1C. The van der Waals surface area contributed by atoms with Crippen LogP contribution in [0.1, 0.15) is 41.5 Å². The molecule has 2 heterocycles. The van der Waals surface area contributed by atoms with Crippen molar-refractivity contribution in [1.29, 1.82) is 0 Å². The number of anilines is 1. The number of aromatic nitrogens is 1. The second-order valence-corrected chi connectivity index (χ2v) is 6.97. The lowest BCUT2D eigenvalue weighted by molar-refractivity contribution is -0.144. The first-order valence-corrected chi connectivity index (χ1v) is 8.85. The van der Waals surface area contributed by atoms with Gasteiger partial charge in [-0.15, -0.1) is 0 Å². The van der Waals surface area contributed by atoms with Gasteiger partial charge in [-0.2, -0.15) is 0 Å². The van der Waals surface area contributed by atoms with Crippen molar-refractivity contribution in [3.63, 3.8) is 0 Å². The van der Waals surface area contributed by atoms with Crippen LogP contribution in [0.3, 0.4) is 0 Å². The van der Waals surface area contributed by atoms with E-state index in [0.717, 1.165) is 0 Å². The number of esters is 2. The van der Waals surface area contributed by atoms with Crippen LogP contribution >= 0.6 is 0 Å². The number of benzene rings is 1. The van der Waals surface area contributed by atoms with Crippen LogP contribution in [0.5, 0.6) is 5.75 Å². The number of methoxy groups -OCH3 is 2. The molecule has 1 aromatic carbocycles. The van der Waals surface area contributed by atoms with Gasteiger partial charge in [-0.05, 0) is 6.92 Å². The lowest BCUT2D eigenvalue weighted by Gasteiger charge is -2.29. The summed E-state index contributed by atoms with van der Waals surface area (Å²) in [6.45, 7) is 3.99. The summed E-state index contributed by atoms with van der Waals surface area (Å²) in [6.07, 6.45) is 1.52. The second-order valence-electron chi connectivity index (χ2n) is 6.97. The highest BCUT2D eigenvalue weighted by atomic mass is 16.5. The molecule has 0 bridgehead atoms. The molecule has 1 aliphatic heterocycles. The highest BCUT2D eigenvalue weighted by molar-refractivity contribution is 6.30. The fraction of sp³-hybridized carbons (Fsp3) is 0.400. The van der Waals surface area contributed by atoms with Crippen LogP contribution in [0.15, 0.2) is 12.3 Å². The first-order valence-electron chi connectivity index (χ1n) is 8.85. The Morgan fingerprint density at radius 2 is 1.83 bits per heavy atom. The smallest absolute Gasteiger partial charge is 0.339 e. The molecule has 0 saturated heterocycles. The maximum absolute atomic E-state index is 13.5. The zero-order valence-corrected chi connectivity index (χ0v) is 17.1. The molecule has 1 unspecified atom stereocenters. The lowest BCUT2D eigenvalue weighted by Crippen LogP contribution is -2.53. The molecule has 0 spiro atoms. The van der Waals surface area contributed by atoms with Crippen molar-refractivity contribution in [3.05, 3.63) is 23.4 Å². The average Bonchev–Trinajstić information content (AvgIpc) is 3.15. The van der Waals surface area contributed by atoms with Crippen LogP contribution in [-0.4, -0.2) is 55.0 Å². The van der Waals surface area contributed by atoms with E-state index in [4.69, 9.17) is 14.2 Å². The number of hydrogen-bond acceptors (Lipinski definition) is 8. The van der Waals surface area contributed by atoms with Gasteiger partial charge in [-0.25, -0.2) is 4.79 Å². The molecule has 0 radical (unpaired) electrons. The monoisotopic (exact) mass is 402 g/mol. The summed E-state index contributed by atoms with van der Waals surface area (Å²) in [7, 11) is 4.25. The van der Waals surface area contributed by atoms with E-state index in [1.54, 1.807) is 13.1 Å². The number of hydrogen-bond donors (Lipinski definition) is 0. The fourth-order valence-electron chi connectivity index (χ4n) is 3.75. The summed E-state index contributed by atoms with van der Waals surface area (Å²) in [5.41, 5.74) is -0.0816. The van der Waals surface area contributed by atoms with E-state index in [2.05, 4.69) is 0 Å². The number of carbonyl (C=O) groups is 4. The summed E-state index contributed by atoms with van der Waals surface area (Å²) in [5, 5.41) is 0.432. The summed E-state index contributed by atoms with van der Waals surface area (Å²) in [6, 6.07) is 1.62. The Bertz CT molecular complexity index is 1070. The average molecular weight is 402 g/mol. The van der Waals surface area contributed by atoms with Gasteiger partial charge in [0, 0.05) is 44.1 Å². The molecule has 154 valence electrons. The number of likely N-dealkylation sites (N-methyl/N-ethyl adjacent to an activating group) is 1. The lowest BCUT2D eigenvalue weighted by atomic mass is 9.92. The van der Waals surface area contributed by atoms with Gasteiger partial charge >= 0.3 is 11.9 Å². The summed E-state index contributed by atoms with van der Waals surface area (Å²) < 4.78 is 16.8. The van der Waals surface area contributed by atoms with Gasteiger partial charge in [0.25, 0.3) is 0 Å². The predicted octanol–water partition coefficient (Wildman–Crippen LogP) is 1.94. The van der Waals surface area contributed by atoms with Crippen molar-refractivity contribution in [2.24, 2.45) is 0 Å². The normalized spacial score (nSPS) is 18.0. The molecule has 3 rings (SSSR count). The van der Waals surface area contributed by atoms with Gasteiger partial charge in [-0.3, -0.25) is 19.0 Å². The Hall–Kier alpha value is -3.36. The third-order valence-electron chi connectivity index (χ3n) is 5.36. The number of fused-ring (bicyclic) bond motifs is 3. The van der Waals surface area contributed by atoms with Crippen LogP contribution in [0.25, 0.3) is 10.9 Å². The second kappa shape index (κ2) is 6.91. The molecule has 0 N–H and O–H groups in total. The van der Waals surface area contributed by atoms with E-state index in [-0.39, 0.29) is 18.1 Å². The van der Waals surface area contributed by atoms with Crippen LogP contribution in [0, 0.1) is 0 Å². The Kier molecular flexibility index (Phi) is 4.86. The van der Waals surface area contributed by atoms with Crippen molar-refractivity contribution in [2.45, 2.75) is 32.9 Å². The standard InChI is InChI=1S/C20H22N2O7/c1-10(23)22-8-12(9-29-11(2)24)15-13(22)7-14(27-5)17-16(15)18(25)20(3,21(17)4)19(26)28-6/h7-8H,9H2,1-6H3. The zero-order chi connectivity index (χ0) is 21.7. The number of Topliss-reactive ketones (excluding diaryl/α,β-unsaturated/α-hetero) is 1. The van der Waals surface area contributed by atoms with Crippen LogP contribution in [0.4, 0.5) is 5.69 Å². The maximum atomic E-state index is 13.5. The van der Waals surface area contributed by atoms with Gasteiger partial charge in [0.15, 0.2) is 5.54 Å². The number of rotatable bonds is 4. The van der Waals surface area contributed by atoms with Gasteiger partial charge < -0.3 is 19.1 Å². The molecule has 9 nitrogen and oxygen atoms in total. The van der Waals surface area contributed by atoms with Gasteiger partial charge in [0.05, 0.1) is 31.0 Å². The third kappa shape index (κ3) is 2.76. The molecule has 29 heavy (non-hydrogen) atoms. The summed E-state index contributed by atoms with van der Waals surface area (Å²) in [4.78, 5) is 51.0. The minimum absolute atomic E-state index is 0.128. The molecule has 0 aliphatic carbocycles. The van der Waals surface area contributed by atoms with Crippen LogP contribution < -0.4 is 9.64 Å². The van der Waals surface area contributed by atoms with Crippen LogP contribution in [-0.2, 0) is 25.7 Å². The molecule has 1 aliphatic rings. The first kappa shape index (κ1) is 20.4. The number of nitrogens with zero attached hydrogens (tertiary/aromatic N) is 2. The largest absolute Gasteiger partial charge is 0.494 e. The van der Waals surface area contributed by atoms with Crippen molar-refractivity contribution in [1.82, 2.24) is 4.57 Å². The molecule has 2 aromatic rings. The number of ketones is 1. The molecule has 0 fully saturated rings. The summed E-state index contributed by atoms with van der Waals surface area (Å²) >= 11 is 0. The minimum Gasteiger partial charge on any atom is -0.494 e. The van der Waals surface area contributed by atoms with E-state index >= 15 is 0 Å². The molecule has 0 saturated carbocycles. The zero-order valence-electron chi connectivity index (χ0n) is 17.1. The Morgan fingerprint density at radius 3 is 2.34 bits per heavy atom. The van der Waals surface area contributed by atoms with E-state index in [0.29, 0.717) is 27.9 Å². The van der Waals surface area contributed by atoms with Gasteiger partial charge in [0.2, 0.25) is 11.7 Å². The first-order chi connectivity index (χ1) is 13.6. The number of carbonyl (C=O) groups excluding carboxylic acids is 4. The Morgan fingerprint density at radius 1 is 1.17 bits per heavy atom. The molecule has 0 amide bonds. The topological polar surface area (TPSA) is 104 Å². The van der Waals surface area contributed by atoms with E-state index in [1.807, 2.05) is 0 Å². The minimum atomic E-state index is -1.60. The van der Waals surface area contributed by atoms with Crippen molar-refractivity contribution in [2.75, 3.05) is 26.2 Å². The van der Waals surface area contributed by atoms with Crippen molar-refractivity contribution < 1.29 is 33.4 Å². The highest BCUT2D eigenvalue weighted by Gasteiger charge is 2.55. The van der Waals surface area contributed by atoms with Crippen LogP contribution in [0.2, 0.25) is 0 Å². The molecule has 1 aromatic heterocycles. The quantitative estimate of drug-likeness (QED) is 0.564. The maximum Gasteiger partial charge on any atom is 0.339 e. The van der Waals surface area contributed by atoms with Crippen molar-refractivity contribution in [3.8, 4) is 5.75 Å². The predicted molar refractivity (Wildman–Crippen MR) is 103 cm³/mol. The number of ether oxygens (including phenoxy) is 3. The third-order valence-corrected chi connectivity index (χ3v) is 5.36. The van der Waals surface area contributed by atoms with E-state index < -0.39 is 23.3 Å². The Balaban J connectivity index is 2.41. The summed E-state index contributed by atoms with van der Waals surface area (Å²) in [5.74, 6) is -1.67. The highest BCUT2D eigenvalue weighted by Crippen LogP contribution is 2.49. The molecular formula is C20H22N2O7. The Labute approximate surface area is 167 Å². The molecular weight excluding hydrogens is 380 g/mol. The van der Waals surface area contributed by atoms with E-state index in [1.165, 1.54) is 50.7 Å². The van der Waals surface area contributed by atoms with Gasteiger partial charge in [-0.1, -0.05) is 0 Å². The fourth-order valence-corrected chi connectivity index (χ4v) is 3.75. The molecule has 9 heteroatoms. The molecule has 1 atom stereocenters. The van der Waals surface area contributed by atoms with Gasteiger partial charge in [0.1, 0.15) is 12.4 Å². The van der Waals surface area contributed by atoms with E-state index in [9.17, 15) is 19.2 Å². The van der Waals surface area contributed by atoms with Crippen molar-refractivity contribution >= 4 is 40.2 Å².